The van der Waals surface area contributed by atoms with E-state index in [4.69, 9.17) is 14.7 Å². The van der Waals surface area contributed by atoms with Gasteiger partial charge >= 0.3 is 5.97 Å². The van der Waals surface area contributed by atoms with Crippen molar-refractivity contribution < 1.29 is 14.3 Å². The molecule has 0 aromatic heterocycles. The van der Waals surface area contributed by atoms with E-state index in [9.17, 15) is 4.79 Å². The molecule has 0 amide bonds. The van der Waals surface area contributed by atoms with Crippen LogP contribution in [0.4, 0.5) is 0 Å². The Hall–Kier alpha value is -1.90. The van der Waals surface area contributed by atoms with Crippen LogP contribution in [0.2, 0.25) is 0 Å². The zero-order valence-electron chi connectivity index (χ0n) is 10.8. The van der Waals surface area contributed by atoms with Crippen molar-refractivity contribution in [1.29, 1.82) is 5.26 Å². The second kappa shape index (κ2) is 6.32. The van der Waals surface area contributed by atoms with Crippen LogP contribution in [0.1, 0.15) is 11.1 Å². The summed E-state index contributed by atoms with van der Waals surface area (Å²) in [5.74, 6) is -0.297. The molecule has 0 bridgehead atoms. The third-order valence-electron chi connectivity index (χ3n) is 3.22. The third kappa shape index (κ3) is 3.11. The molecule has 1 fully saturated rings. The largest absolute Gasteiger partial charge is 0.468 e. The first-order valence-electron chi connectivity index (χ1n) is 6.14. The Balaban J connectivity index is 2.16. The number of hydrogen-bond acceptors (Lipinski definition) is 5. The molecule has 1 atom stereocenters. The molecule has 100 valence electrons. The van der Waals surface area contributed by atoms with E-state index in [-0.39, 0.29) is 5.97 Å². The van der Waals surface area contributed by atoms with Crippen LogP contribution >= 0.6 is 0 Å². The molecule has 2 rings (SSSR count). The summed E-state index contributed by atoms with van der Waals surface area (Å²) in [6.45, 7) is 2.12. The number of carbonyl (C=O) groups excluding carboxylic acids is 1. The maximum atomic E-state index is 11.7. The lowest BCUT2D eigenvalue weighted by Crippen LogP contribution is -2.49. The van der Waals surface area contributed by atoms with Crippen molar-refractivity contribution in [3.05, 3.63) is 35.4 Å². The molecule has 5 nitrogen and oxygen atoms in total. The summed E-state index contributed by atoms with van der Waals surface area (Å²) in [6.07, 6.45) is 0. The molecule has 0 N–H and O–H groups in total. The highest BCUT2D eigenvalue weighted by atomic mass is 16.5. The first kappa shape index (κ1) is 13.5. The topological polar surface area (TPSA) is 62.6 Å². The highest BCUT2D eigenvalue weighted by molar-refractivity contribution is 5.76. The van der Waals surface area contributed by atoms with E-state index < -0.39 is 6.04 Å². The first-order chi connectivity index (χ1) is 9.26. The van der Waals surface area contributed by atoms with Gasteiger partial charge in [0.2, 0.25) is 0 Å². The minimum Gasteiger partial charge on any atom is -0.468 e. The summed E-state index contributed by atoms with van der Waals surface area (Å²) in [7, 11) is 1.37. The summed E-state index contributed by atoms with van der Waals surface area (Å²) >= 11 is 0. The molecule has 0 radical (unpaired) electrons. The van der Waals surface area contributed by atoms with Gasteiger partial charge in [-0.15, -0.1) is 0 Å². The number of hydrogen-bond donors (Lipinski definition) is 0. The summed E-state index contributed by atoms with van der Waals surface area (Å²) < 4.78 is 10.1. The molecule has 1 saturated heterocycles. The van der Waals surface area contributed by atoms with Gasteiger partial charge in [0.15, 0.2) is 0 Å². The fraction of sp³-hybridized carbons (Fsp3) is 0.429. The zero-order valence-corrected chi connectivity index (χ0v) is 10.8. The van der Waals surface area contributed by atoms with Crippen molar-refractivity contribution in [2.45, 2.75) is 12.6 Å². The van der Waals surface area contributed by atoms with Crippen molar-refractivity contribution in [3.63, 3.8) is 0 Å². The van der Waals surface area contributed by atoms with Crippen LogP contribution < -0.4 is 0 Å². The molecule has 0 spiro atoms. The fourth-order valence-electron chi connectivity index (χ4n) is 2.17. The second-order valence-corrected chi connectivity index (χ2v) is 4.35. The number of carbonyl (C=O) groups is 1. The predicted molar refractivity (Wildman–Crippen MR) is 68.2 cm³/mol. The van der Waals surface area contributed by atoms with Crippen molar-refractivity contribution in [2.24, 2.45) is 0 Å². The number of esters is 1. The second-order valence-electron chi connectivity index (χ2n) is 4.35. The van der Waals surface area contributed by atoms with Gasteiger partial charge in [-0.1, -0.05) is 18.2 Å². The van der Waals surface area contributed by atoms with Crippen LogP contribution in [0, 0.1) is 11.3 Å². The Kier molecular flexibility index (Phi) is 4.50. The maximum absolute atomic E-state index is 11.7. The van der Waals surface area contributed by atoms with E-state index >= 15 is 0 Å². The average molecular weight is 260 g/mol. The quantitative estimate of drug-likeness (QED) is 0.757. The molecule has 0 aliphatic carbocycles. The number of morpholine rings is 1. The fourth-order valence-corrected chi connectivity index (χ4v) is 2.17. The van der Waals surface area contributed by atoms with E-state index in [1.807, 2.05) is 23.1 Å². The lowest BCUT2D eigenvalue weighted by Gasteiger charge is -2.33. The summed E-state index contributed by atoms with van der Waals surface area (Å²) in [4.78, 5) is 13.7. The van der Waals surface area contributed by atoms with E-state index in [2.05, 4.69) is 6.07 Å². The third-order valence-corrected chi connectivity index (χ3v) is 3.22. The van der Waals surface area contributed by atoms with Gasteiger partial charge in [0.05, 0.1) is 32.0 Å². The summed E-state index contributed by atoms with van der Waals surface area (Å²) in [6, 6.07) is 9.18. The SMILES string of the molecule is COC(=O)C1COCCN1Cc1ccccc1C#N. The van der Waals surface area contributed by atoms with Crippen molar-refractivity contribution in [1.82, 2.24) is 4.90 Å². The number of rotatable bonds is 3. The van der Waals surface area contributed by atoms with Crippen LogP contribution in [-0.4, -0.2) is 43.8 Å². The molecular weight excluding hydrogens is 244 g/mol. The van der Waals surface area contributed by atoms with Gasteiger partial charge in [-0.25, -0.2) is 0 Å². The van der Waals surface area contributed by atoms with E-state index in [1.54, 1.807) is 6.07 Å². The zero-order chi connectivity index (χ0) is 13.7. The Morgan fingerprint density at radius 1 is 1.58 bits per heavy atom. The normalized spacial score (nSPS) is 19.7. The smallest absolute Gasteiger partial charge is 0.325 e. The van der Waals surface area contributed by atoms with Crippen molar-refractivity contribution in [3.8, 4) is 6.07 Å². The van der Waals surface area contributed by atoms with Crippen LogP contribution in [0.5, 0.6) is 0 Å². The molecule has 19 heavy (non-hydrogen) atoms. The molecule has 1 aliphatic rings. The van der Waals surface area contributed by atoms with Gasteiger partial charge in [0.1, 0.15) is 6.04 Å². The average Bonchev–Trinajstić information content (AvgIpc) is 2.47. The summed E-state index contributed by atoms with van der Waals surface area (Å²) in [5.41, 5.74) is 1.55. The van der Waals surface area contributed by atoms with E-state index in [0.717, 1.165) is 5.56 Å². The number of nitrogens with zero attached hydrogens (tertiary/aromatic N) is 2. The molecule has 1 aromatic rings. The molecule has 1 aromatic carbocycles. The number of methoxy groups -OCH3 is 1. The summed E-state index contributed by atoms with van der Waals surface area (Å²) in [5, 5.41) is 9.08. The van der Waals surface area contributed by atoms with Gasteiger partial charge in [-0.3, -0.25) is 9.69 Å². The van der Waals surface area contributed by atoms with Crippen LogP contribution in [0.25, 0.3) is 0 Å². The van der Waals surface area contributed by atoms with Crippen molar-refractivity contribution >= 4 is 5.97 Å². The molecular formula is C14H16N2O3. The van der Waals surface area contributed by atoms with E-state index in [1.165, 1.54) is 7.11 Å². The highest BCUT2D eigenvalue weighted by Gasteiger charge is 2.30. The number of ether oxygens (including phenoxy) is 2. The van der Waals surface area contributed by atoms with Crippen LogP contribution in [0.3, 0.4) is 0 Å². The van der Waals surface area contributed by atoms with E-state index in [0.29, 0.717) is 31.9 Å². The monoisotopic (exact) mass is 260 g/mol. The predicted octanol–water partition coefficient (Wildman–Crippen LogP) is 0.932. The minimum absolute atomic E-state index is 0.297. The Morgan fingerprint density at radius 2 is 2.37 bits per heavy atom. The number of nitriles is 1. The molecule has 0 saturated carbocycles. The molecule has 1 aliphatic heterocycles. The lowest BCUT2D eigenvalue weighted by molar-refractivity contribution is -0.153. The van der Waals surface area contributed by atoms with Gasteiger partial charge in [0, 0.05) is 13.1 Å². The van der Waals surface area contributed by atoms with Gasteiger partial charge in [0.25, 0.3) is 0 Å². The standard InChI is InChI=1S/C14H16N2O3/c1-18-14(17)13-10-19-7-6-16(13)9-12-5-3-2-4-11(12)8-15/h2-5,13H,6-7,9-10H2,1H3. The Bertz CT molecular complexity index is 496. The van der Waals surface area contributed by atoms with Crippen LogP contribution in [0.15, 0.2) is 24.3 Å². The van der Waals surface area contributed by atoms with Gasteiger partial charge in [-0.2, -0.15) is 5.26 Å². The molecule has 5 heteroatoms. The lowest BCUT2D eigenvalue weighted by atomic mass is 10.1. The molecule has 1 heterocycles. The minimum atomic E-state index is -0.398. The van der Waals surface area contributed by atoms with Crippen LogP contribution in [-0.2, 0) is 20.8 Å². The number of benzene rings is 1. The Morgan fingerprint density at radius 3 is 3.11 bits per heavy atom. The highest BCUT2D eigenvalue weighted by Crippen LogP contribution is 2.16. The van der Waals surface area contributed by atoms with Gasteiger partial charge < -0.3 is 9.47 Å². The molecule has 1 unspecified atom stereocenters. The maximum Gasteiger partial charge on any atom is 0.325 e. The first-order valence-corrected chi connectivity index (χ1v) is 6.14. The van der Waals surface area contributed by atoms with Gasteiger partial charge in [-0.05, 0) is 11.6 Å². The Labute approximate surface area is 112 Å². The van der Waals surface area contributed by atoms with Crippen molar-refractivity contribution in [2.75, 3.05) is 26.9 Å².